The third-order valence-electron chi connectivity index (χ3n) is 4.46. The van der Waals surface area contributed by atoms with E-state index in [0.29, 0.717) is 32.4 Å². The van der Waals surface area contributed by atoms with E-state index in [4.69, 9.17) is 27.4 Å². The molecule has 4 N–H and O–H groups in total. The molecule has 2 aromatic carbocycles. The van der Waals surface area contributed by atoms with Crippen molar-refractivity contribution in [2.75, 3.05) is 13.7 Å². The third-order valence-corrected chi connectivity index (χ3v) is 5.27. The third kappa shape index (κ3) is 4.63. The molecule has 0 bridgehead atoms. The molecule has 156 valence electrons. The molecule has 1 aliphatic heterocycles. The van der Waals surface area contributed by atoms with Gasteiger partial charge < -0.3 is 25.8 Å². The predicted octanol–water partition coefficient (Wildman–Crippen LogP) is 2.84. The van der Waals surface area contributed by atoms with Crippen molar-refractivity contribution in [3.63, 3.8) is 0 Å². The van der Waals surface area contributed by atoms with Crippen LogP contribution >= 0.6 is 28.1 Å². The first-order valence-electron chi connectivity index (χ1n) is 8.98. The Bertz CT molecular complexity index is 1040. The summed E-state index contributed by atoms with van der Waals surface area (Å²) in [5, 5.41) is 6.67. The van der Waals surface area contributed by atoms with Crippen molar-refractivity contribution in [2.45, 2.75) is 13.0 Å². The highest BCUT2D eigenvalue weighted by Gasteiger charge is 2.31. The van der Waals surface area contributed by atoms with Crippen molar-refractivity contribution in [1.82, 2.24) is 10.6 Å². The minimum atomic E-state index is -0.604. The zero-order valence-corrected chi connectivity index (χ0v) is 18.7. The summed E-state index contributed by atoms with van der Waals surface area (Å²) < 4.78 is 11.5. The maximum Gasteiger partial charge on any atom is 0.255 e. The summed E-state index contributed by atoms with van der Waals surface area (Å²) >= 11 is 8.86. The number of hydrogen-bond acceptors (Lipinski definition) is 5. The molecule has 1 atom stereocenters. The van der Waals surface area contributed by atoms with Gasteiger partial charge in [0.2, 0.25) is 0 Å². The lowest BCUT2D eigenvalue weighted by molar-refractivity contribution is -0.120. The number of methoxy groups -OCH3 is 1. The number of primary amides is 1. The van der Waals surface area contributed by atoms with Crippen LogP contribution in [0.4, 0.5) is 0 Å². The second-order valence-corrected chi connectivity index (χ2v) is 7.79. The van der Waals surface area contributed by atoms with Gasteiger partial charge in [0.25, 0.3) is 5.91 Å². The number of nitrogens with one attached hydrogen (secondary N) is 2. The number of nitrogens with two attached hydrogens (primary N) is 1. The van der Waals surface area contributed by atoms with E-state index < -0.39 is 11.9 Å². The van der Waals surface area contributed by atoms with Crippen LogP contribution in [0.2, 0.25) is 0 Å². The van der Waals surface area contributed by atoms with Crippen LogP contribution in [0.1, 0.15) is 24.1 Å². The molecule has 3 rings (SSSR count). The summed E-state index contributed by atoms with van der Waals surface area (Å²) in [5.41, 5.74) is 7.94. The Balaban J connectivity index is 2.13. The van der Waals surface area contributed by atoms with Gasteiger partial charge in [0, 0.05) is 5.57 Å². The van der Waals surface area contributed by atoms with E-state index in [1.54, 1.807) is 12.1 Å². The van der Waals surface area contributed by atoms with Gasteiger partial charge in [-0.3, -0.25) is 9.59 Å². The summed E-state index contributed by atoms with van der Waals surface area (Å²) in [4.78, 5) is 23.7. The van der Waals surface area contributed by atoms with Gasteiger partial charge in [0.1, 0.15) is 0 Å². The maximum absolute atomic E-state index is 12.7. The number of benzene rings is 2. The van der Waals surface area contributed by atoms with Gasteiger partial charge >= 0.3 is 0 Å². The highest BCUT2D eigenvalue weighted by atomic mass is 79.9. The Morgan fingerprint density at radius 2 is 1.93 bits per heavy atom. The molecule has 0 aromatic heterocycles. The SMILES string of the molecule is COc1cc([C@H]2NC(=S)NC(c3ccccc3)=C2C(C)=O)cc(Br)c1OCC(N)=O. The highest BCUT2D eigenvalue weighted by molar-refractivity contribution is 9.10. The van der Waals surface area contributed by atoms with Crippen molar-refractivity contribution in [2.24, 2.45) is 5.73 Å². The molecule has 7 nitrogen and oxygen atoms in total. The van der Waals surface area contributed by atoms with Crippen molar-refractivity contribution < 1.29 is 19.1 Å². The van der Waals surface area contributed by atoms with E-state index in [-0.39, 0.29) is 12.4 Å². The van der Waals surface area contributed by atoms with Crippen molar-refractivity contribution >= 4 is 50.6 Å². The van der Waals surface area contributed by atoms with Crippen LogP contribution in [0.5, 0.6) is 11.5 Å². The topological polar surface area (TPSA) is 103 Å². The fourth-order valence-electron chi connectivity index (χ4n) is 3.22. The number of ether oxygens (including phenoxy) is 2. The molecule has 0 aliphatic carbocycles. The van der Waals surface area contributed by atoms with Crippen molar-refractivity contribution in [3.8, 4) is 11.5 Å². The Morgan fingerprint density at radius 3 is 2.53 bits per heavy atom. The van der Waals surface area contributed by atoms with E-state index in [1.807, 2.05) is 30.3 Å². The van der Waals surface area contributed by atoms with Crippen LogP contribution in [-0.4, -0.2) is 30.5 Å². The fraction of sp³-hybridized carbons (Fsp3) is 0.190. The number of carbonyl (C=O) groups excluding carboxylic acids is 2. The lowest BCUT2D eigenvalue weighted by Gasteiger charge is -2.31. The Morgan fingerprint density at radius 1 is 1.23 bits per heavy atom. The number of Topliss-reactive ketones (excluding diaryl/α,β-unsaturated/α-hetero) is 1. The molecule has 1 amide bonds. The summed E-state index contributed by atoms with van der Waals surface area (Å²) in [5.74, 6) is 0.0161. The zero-order valence-electron chi connectivity index (χ0n) is 16.3. The average Bonchev–Trinajstić information content (AvgIpc) is 2.71. The van der Waals surface area contributed by atoms with Gasteiger partial charge in [-0.2, -0.15) is 0 Å². The van der Waals surface area contributed by atoms with Crippen LogP contribution in [0.25, 0.3) is 5.70 Å². The molecule has 0 unspecified atom stereocenters. The van der Waals surface area contributed by atoms with Gasteiger partial charge in [0.05, 0.1) is 23.3 Å². The summed E-state index contributed by atoms with van der Waals surface area (Å²) in [6.45, 7) is 1.22. The minimum Gasteiger partial charge on any atom is -0.493 e. The molecule has 30 heavy (non-hydrogen) atoms. The standard InChI is InChI=1S/C21H20BrN3O4S/c1-11(26)17-18(12-6-4-3-5-7-12)24-21(30)25-19(17)13-8-14(22)20(15(9-13)28-2)29-10-16(23)27/h3-9,19H,10H2,1-2H3,(H2,23,27)(H2,24,25,30)/t19-/m1/s1. The van der Waals surface area contributed by atoms with Crippen LogP contribution < -0.4 is 25.8 Å². The second kappa shape index (κ2) is 9.27. The van der Waals surface area contributed by atoms with E-state index in [0.717, 1.165) is 11.1 Å². The first-order valence-corrected chi connectivity index (χ1v) is 10.2. The molecular weight excluding hydrogens is 470 g/mol. The Hall–Kier alpha value is -2.91. The number of ketones is 1. The fourth-order valence-corrected chi connectivity index (χ4v) is 4.01. The molecule has 1 aliphatic rings. The number of halogens is 1. The van der Waals surface area contributed by atoms with Crippen molar-refractivity contribution in [3.05, 3.63) is 63.6 Å². The quantitative estimate of drug-likeness (QED) is 0.513. The monoisotopic (exact) mass is 489 g/mol. The molecule has 0 fully saturated rings. The number of rotatable bonds is 7. The van der Waals surface area contributed by atoms with Crippen LogP contribution in [0.3, 0.4) is 0 Å². The molecular formula is C21H20BrN3O4S. The first-order chi connectivity index (χ1) is 14.3. The summed E-state index contributed by atoms with van der Waals surface area (Å²) in [7, 11) is 1.49. The first kappa shape index (κ1) is 21.8. The average molecular weight is 490 g/mol. The van der Waals surface area contributed by atoms with E-state index >= 15 is 0 Å². The molecule has 1 heterocycles. The Labute approximate surface area is 187 Å². The van der Waals surface area contributed by atoms with Crippen molar-refractivity contribution in [1.29, 1.82) is 0 Å². The lowest BCUT2D eigenvalue weighted by Crippen LogP contribution is -2.44. The Kier molecular flexibility index (Phi) is 6.73. The van der Waals surface area contributed by atoms with Crippen LogP contribution in [0, 0.1) is 0 Å². The smallest absolute Gasteiger partial charge is 0.255 e. The van der Waals surface area contributed by atoms with Gasteiger partial charge in [-0.25, -0.2) is 0 Å². The van der Waals surface area contributed by atoms with Gasteiger partial charge in [-0.05, 0) is 58.3 Å². The largest absolute Gasteiger partial charge is 0.493 e. The maximum atomic E-state index is 12.7. The normalized spacial score (nSPS) is 15.8. The van der Waals surface area contributed by atoms with Crippen LogP contribution in [0.15, 0.2) is 52.5 Å². The second-order valence-electron chi connectivity index (χ2n) is 6.53. The van der Waals surface area contributed by atoms with Gasteiger partial charge in [0.15, 0.2) is 29.0 Å². The van der Waals surface area contributed by atoms with E-state index in [9.17, 15) is 9.59 Å². The summed E-state index contributed by atoms with van der Waals surface area (Å²) in [6.07, 6.45) is 0. The number of amides is 1. The molecule has 0 saturated heterocycles. The molecule has 2 aromatic rings. The number of hydrogen-bond donors (Lipinski definition) is 3. The minimum absolute atomic E-state index is 0.106. The number of thiocarbonyl (C=S) groups is 1. The van der Waals surface area contributed by atoms with Gasteiger partial charge in [-0.1, -0.05) is 30.3 Å². The summed E-state index contributed by atoms with van der Waals surface area (Å²) in [6, 6.07) is 12.5. The predicted molar refractivity (Wildman–Crippen MR) is 121 cm³/mol. The molecule has 9 heteroatoms. The highest BCUT2D eigenvalue weighted by Crippen LogP contribution is 2.41. The number of carbonyl (C=O) groups is 2. The molecule has 0 radical (unpaired) electrons. The van der Waals surface area contributed by atoms with E-state index in [1.165, 1.54) is 14.0 Å². The van der Waals surface area contributed by atoms with Crippen LogP contribution in [-0.2, 0) is 9.59 Å². The molecule has 0 saturated carbocycles. The molecule has 0 spiro atoms. The zero-order chi connectivity index (χ0) is 21.8. The lowest BCUT2D eigenvalue weighted by atomic mass is 9.90. The van der Waals surface area contributed by atoms with E-state index in [2.05, 4.69) is 26.6 Å². The van der Waals surface area contributed by atoms with Gasteiger partial charge in [-0.15, -0.1) is 0 Å².